The molecule has 2 atom stereocenters. The van der Waals surface area contributed by atoms with Crippen LogP contribution in [-0.2, 0) is 0 Å². The molecule has 37 heavy (non-hydrogen) atoms. The van der Waals surface area contributed by atoms with Crippen molar-refractivity contribution in [3.05, 3.63) is 95.6 Å². The topological polar surface area (TPSA) is 91.0 Å². The normalized spacial score (nSPS) is 22.1. The Bertz CT molecular complexity index is 1190. The summed E-state index contributed by atoms with van der Waals surface area (Å²) in [5.41, 5.74) is 11.9. The smallest absolute Gasteiger partial charge is 0.119 e. The van der Waals surface area contributed by atoms with Crippen molar-refractivity contribution in [3.63, 3.8) is 0 Å². The summed E-state index contributed by atoms with van der Waals surface area (Å²) < 4.78 is 6.11. The number of benzene rings is 3. The SMILES string of the molecule is N[C@]12CNC[C@H]1CN(CCOc1ccc(/C(=C(/CCCO)c3ccccc3)c3ccc(O)cc3)cc1)C2. The van der Waals surface area contributed by atoms with Crippen molar-refractivity contribution in [1.82, 2.24) is 10.2 Å². The van der Waals surface area contributed by atoms with Crippen molar-refractivity contribution in [3.8, 4) is 11.5 Å². The molecule has 6 heteroatoms. The molecule has 2 aliphatic heterocycles. The molecule has 194 valence electrons. The van der Waals surface area contributed by atoms with E-state index < -0.39 is 0 Å². The number of allylic oxidation sites excluding steroid dienone is 1. The lowest BCUT2D eigenvalue weighted by atomic mass is 9.87. The zero-order valence-corrected chi connectivity index (χ0v) is 21.3. The number of nitrogens with one attached hydrogen (secondary N) is 1. The maximum Gasteiger partial charge on any atom is 0.119 e. The number of fused-ring (bicyclic) bond motifs is 1. The van der Waals surface area contributed by atoms with Crippen molar-refractivity contribution in [2.45, 2.75) is 18.4 Å². The number of aromatic hydroxyl groups is 1. The molecule has 2 saturated heterocycles. The Morgan fingerprint density at radius 1 is 0.973 bits per heavy atom. The number of rotatable bonds is 10. The highest BCUT2D eigenvalue weighted by Crippen LogP contribution is 2.36. The largest absolute Gasteiger partial charge is 0.508 e. The lowest BCUT2D eigenvalue weighted by Crippen LogP contribution is -2.48. The van der Waals surface area contributed by atoms with Crippen LogP contribution in [0.3, 0.4) is 0 Å². The van der Waals surface area contributed by atoms with Gasteiger partial charge in [-0.1, -0.05) is 54.6 Å². The number of nitrogens with two attached hydrogens (primary N) is 1. The summed E-state index contributed by atoms with van der Waals surface area (Å²) >= 11 is 0. The summed E-state index contributed by atoms with van der Waals surface area (Å²) in [7, 11) is 0. The van der Waals surface area contributed by atoms with Gasteiger partial charge in [0, 0.05) is 50.8 Å². The van der Waals surface area contributed by atoms with Gasteiger partial charge in [-0.05, 0) is 64.9 Å². The van der Waals surface area contributed by atoms with Crippen molar-refractivity contribution in [2.75, 3.05) is 45.9 Å². The van der Waals surface area contributed by atoms with Crippen LogP contribution >= 0.6 is 0 Å². The quantitative estimate of drug-likeness (QED) is 0.318. The highest BCUT2D eigenvalue weighted by Gasteiger charge is 2.46. The Morgan fingerprint density at radius 2 is 1.68 bits per heavy atom. The minimum Gasteiger partial charge on any atom is -0.508 e. The zero-order valence-electron chi connectivity index (χ0n) is 21.3. The number of hydrogen-bond acceptors (Lipinski definition) is 6. The van der Waals surface area contributed by atoms with Gasteiger partial charge in [-0.2, -0.15) is 0 Å². The van der Waals surface area contributed by atoms with E-state index in [1.165, 1.54) is 5.57 Å². The maximum atomic E-state index is 9.88. The average Bonchev–Trinajstić information content (AvgIpc) is 3.42. The fourth-order valence-electron chi connectivity index (χ4n) is 5.68. The summed E-state index contributed by atoms with van der Waals surface area (Å²) in [6, 6.07) is 25.9. The molecule has 5 N–H and O–H groups in total. The Kier molecular flexibility index (Phi) is 7.91. The summed E-state index contributed by atoms with van der Waals surface area (Å²) in [6.45, 7) is 5.49. The number of aliphatic hydroxyl groups excluding tert-OH is 1. The average molecular weight is 500 g/mol. The van der Waals surface area contributed by atoms with Crippen LogP contribution in [0.2, 0.25) is 0 Å². The number of phenols is 1. The molecule has 0 aromatic heterocycles. The van der Waals surface area contributed by atoms with E-state index in [1.807, 2.05) is 42.5 Å². The number of phenolic OH excluding ortho intramolecular Hbond substituents is 1. The Labute approximate surface area is 219 Å². The summed E-state index contributed by atoms with van der Waals surface area (Å²) in [5.74, 6) is 1.61. The standard InChI is InChI=1S/C31H37N3O3/c32-31-21-33-19-26(31)20-34(22-31)16-18-37-28-14-10-25(11-15-28)30(24-8-12-27(36)13-9-24)29(7-4-17-35)23-5-2-1-3-6-23/h1-3,5-6,8-15,26,33,35-36H,4,7,16-22,32H2/b30-29-/t26-,31-/m0/s1. The van der Waals surface area contributed by atoms with E-state index in [0.717, 1.165) is 67.2 Å². The fourth-order valence-corrected chi connectivity index (χ4v) is 5.68. The first-order valence-corrected chi connectivity index (χ1v) is 13.2. The molecule has 3 aromatic carbocycles. The second-order valence-electron chi connectivity index (χ2n) is 10.3. The fraction of sp³-hybridized carbons (Fsp3) is 0.355. The maximum absolute atomic E-state index is 9.88. The van der Waals surface area contributed by atoms with Gasteiger partial charge in [0.1, 0.15) is 18.1 Å². The van der Waals surface area contributed by atoms with Crippen molar-refractivity contribution < 1.29 is 14.9 Å². The van der Waals surface area contributed by atoms with Crippen LogP contribution < -0.4 is 15.8 Å². The van der Waals surface area contributed by atoms with Gasteiger partial charge in [0.25, 0.3) is 0 Å². The minimum absolute atomic E-state index is 0.0922. The van der Waals surface area contributed by atoms with Gasteiger partial charge >= 0.3 is 0 Å². The van der Waals surface area contributed by atoms with E-state index in [-0.39, 0.29) is 17.9 Å². The third-order valence-electron chi connectivity index (χ3n) is 7.64. The van der Waals surface area contributed by atoms with Gasteiger partial charge in [0.15, 0.2) is 0 Å². The molecule has 0 spiro atoms. The first-order valence-electron chi connectivity index (χ1n) is 13.2. The van der Waals surface area contributed by atoms with E-state index >= 15 is 0 Å². The van der Waals surface area contributed by atoms with Gasteiger partial charge in [-0.25, -0.2) is 0 Å². The van der Waals surface area contributed by atoms with Crippen LogP contribution in [0, 0.1) is 5.92 Å². The van der Waals surface area contributed by atoms with Gasteiger partial charge in [-0.15, -0.1) is 0 Å². The molecule has 5 rings (SSSR count). The van der Waals surface area contributed by atoms with E-state index in [2.05, 4.69) is 34.5 Å². The Hall–Kier alpha value is -3.16. The summed E-state index contributed by atoms with van der Waals surface area (Å²) in [5, 5.41) is 22.9. The molecule has 0 unspecified atom stereocenters. The molecule has 0 radical (unpaired) electrons. The molecule has 2 aliphatic rings. The van der Waals surface area contributed by atoms with E-state index in [9.17, 15) is 10.2 Å². The predicted octanol–water partition coefficient (Wildman–Crippen LogP) is 3.74. The first kappa shape index (κ1) is 25.5. The highest BCUT2D eigenvalue weighted by molar-refractivity contribution is 5.98. The van der Waals surface area contributed by atoms with E-state index in [4.69, 9.17) is 10.5 Å². The third-order valence-corrected chi connectivity index (χ3v) is 7.64. The number of hydrogen-bond donors (Lipinski definition) is 4. The number of nitrogens with zero attached hydrogens (tertiary/aromatic N) is 1. The van der Waals surface area contributed by atoms with Gasteiger partial charge in [0.05, 0.1) is 0 Å². The Morgan fingerprint density at radius 3 is 2.35 bits per heavy atom. The summed E-state index contributed by atoms with van der Waals surface area (Å²) in [4.78, 5) is 2.42. The van der Waals surface area contributed by atoms with Crippen LogP contribution in [0.15, 0.2) is 78.9 Å². The molecule has 6 nitrogen and oxygen atoms in total. The number of likely N-dealkylation sites (tertiary alicyclic amines) is 1. The zero-order chi connectivity index (χ0) is 25.7. The summed E-state index contributed by atoms with van der Waals surface area (Å²) in [6.07, 6.45) is 1.41. The molecule has 0 bridgehead atoms. The van der Waals surface area contributed by atoms with Gasteiger partial charge in [-0.3, -0.25) is 4.90 Å². The van der Waals surface area contributed by atoms with Gasteiger partial charge in [0.2, 0.25) is 0 Å². The number of ether oxygens (including phenoxy) is 1. The molecule has 0 aliphatic carbocycles. The van der Waals surface area contributed by atoms with Crippen molar-refractivity contribution in [1.29, 1.82) is 0 Å². The number of aliphatic hydroxyl groups is 1. The third kappa shape index (κ3) is 5.89. The predicted molar refractivity (Wildman–Crippen MR) is 148 cm³/mol. The molecule has 3 aromatic rings. The molecule has 2 fully saturated rings. The van der Waals surface area contributed by atoms with Gasteiger partial charge < -0.3 is 26.0 Å². The monoisotopic (exact) mass is 499 g/mol. The first-order chi connectivity index (χ1) is 18.1. The van der Waals surface area contributed by atoms with E-state index in [0.29, 0.717) is 18.9 Å². The highest BCUT2D eigenvalue weighted by atomic mass is 16.5. The minimum atomic E-state index is -0.0922. The molecule has 0 saturated carbocycles. The van der Waals surface area contributed by atoms with Crippen LogP contribution in [0.1, 0.15) is 29.5 Å². The van der Waals surface area contributed by atoms with Crippen molar-refractivity contribution >= 4 is 11.1 Å². The second kappa shape index (κ2) is 11.5. The second-order valence-corrected chi connectivity index (χ2v) is 10.3. The lowest BCUT2D eigenvalue weighted by Gasteiger charge is -2.22. The van der Waals surface area contributed by atoms with E-state index in [1.54, 1.807) is 12.1 Å². The molecular weight excluding hydrogens is 462 g/mol. The van der Waals surface area contributed by atoms with Crippen LogP contribution in [0.25, 0.3) is 11.1 Å². The van der Waals surface area contributed by atoms with Crippen LogP contribution in [0.4, 0.5) is 0 Å². The van der Waals surface area contributed by atoms with Crippen LogP contribution in [0.5, 0.6) is 11.5 Å². The molecular formula is C31H37N3O3. The van der Waals surface area contributed by atoms with Crippen molar-refractivity contribution in [2.24, 2.45) is 11.7 Å². The molecule has 2 heterocycles. The van der Waals surface area contributed by atoms with Crippen LogP contribution in [-0.4, -0.2) is 66.6 Å². The lowest BCUT2D eigenvalue weighted by molar-refractivity contribution is 0.226. The Balaban J connectivity index is 1.35. The molecule has 0 amide bonds.